The van der Waals surface area contributed by atoms with Crippen molar-refractivity contribution in [1.82, 2.24) is 19.5 Å². The molecule has 1 aliphatic carbocycles. The van der Waals surface area contributed by atoms with E-state index >= 15 is 0 Å². The number of imidazole rings is 1. The van der Waals surface area contributed by atoms with Gasteiger partial charge in [0.25, 0.3) is 5.91 Å². The number of anilines is 1. The largest absolute Gasteiger partial charge is 0.408 e. The molecule has 272 valence electrons. The number of aliphatic hydroxyl groups excluding tert-OH is 1. The summed E-state index contributed by atoms with van der Waals surface area (Å²) in [5.74, 6) is -0.0749. The number of aromatic nitrogens is 4. The molecule has 1 saturated heterocycles. The summed E-state index contributed by atoms with van der Waals surface area (Å²) in [6.45, 7) is 11.8. The molecule has 4 atom stereocenters. The van der Waals surface area contributed by atoms with Crippen molar-refractivity contribution in [2.24, 2.45) is 0 Å². The fourth-order valence-electron chi connectivity index (χ4n) is 6.77. The minimum atomic E-state index is -2.37. The highest BCUT2D eigenvalue weighted by atomic mass is 28.4. The van der Waals surface area contributed by atoms with E-state index in [0.717, 1.165) is 24.0 Å². The molecular weight excluding hydrogens is 675 g/mol. The van der Waals surface area contributed by atoms with Gasteiger partial charge in [0.15, 0.2) is 37.1 Å². The van der Waals surface area contributed by atoms with Crippen LogP contribution in [0, 0.1) is 0 Å². The molecule has 1 aliphatic heterocycles. The molecule has 5 aromatic rings. The highest BCUT2D eigenvalue weighted by molar-refractivity contribution is 6.74. The van der Waals surface area contributed by atoms with Crippen molar-refractivity contribution in [2.45, 2.75) is 94.6 Å². The van der Waals surface area contributed by atoms with E-state index in [2.05, 4.69) is 54.1 Å². The van der Waals surface area contributed by atoms with Crippen LogP contribution in [0.3, 0.4) is 0 Å². The first-order valence-corrected chi connectivity index (χ1v) is 20.7. The van der Waals surface area contributed by atoms with Gasteiger partial charge in [-0.2, -0.15) is 0 Å². The molecule has 11 nitrogen and oxygen atoms in total. The van der Waals surface area contributed by atoms with Crippen LogP contribution in [-0.4, -0.2) is 68.9 Å². The van der Waals surface area contributed by atoms with E-state index in [-0.39, 0.29) is 30.0 Å². The average molecular weight is 722 g/mol. The second-order valence-electron chi connectivity index (χ2n) is 15.3. The van der Waals surface area contributed by atoms with Crippen molar-refractivity contribution in [3.63, 3.8) is 0 Å². The van der Waals surface area contributed by atoms with Crippen LogP contribution in [0.2, 0.25) is 18.1 Å². The quantitative estimate of drug-likeness (QED) is 0.123. The second kappa shape index (κ2) is 14.3. The number of rotatable bonds is 13. The summed E-state index contributed by atoms with van der Waals surface area (Å²) >= 11 is 0. The summed E-state index contributed by atoms with van der Waals surface area (Å²) in [4.78, 5) is 26.6. The number of nitrogens with one attached hydrogen (secondary N) is 1. The van der Waals surface area contributed by atoms with Crippen molar-refractivity contribution < 1.29 is 28.5 Å². The van der Waals surface area contributed by atoms with Crippen molar-refractivity contribution in [2.75, 3.05) is 11.9 Å². The third-order valence-electron chi connectivity index (χ3n) is 10.7. The Bertz CT molecular complexity index is 1980. The minimum absolute atomic E-state index is 0.0796. The molecule has 12 heteroatoms. The third-order valence-corrected chi connectivity index (χ3v) is 15.2. The first kappa shape index (κ1) is 36.1. The number of amides is 1. The number of fused-ring (bicyclic) bond motifs is 1. The van der Waals surface area contributed by atoms with Gasteiger partial charge in [-0.1, -0.05) is 99.6 Å². The standard InChI is InChI=1S/C40H47N5O6Si/c1-38(2,3)52(4,5)51-39(21-22-39)40(25-48-23-28-15-9-6-10-16-28)33(49-24-29-17-11-7-12-18-29)32(46)37(50-40)45-27-43-31-34(41-26-42-35(31)45)44-36(47)30-19-13-8-14-20-30/h6-20,26-27,32-33,37,46H,21-25H2,1-5H3,(H,41,42,44,47)/t32-,33+,37-,40-/m1/s1. The van der Waals surface area contributed by atoms with Gasteiger partial charge in [0.2, 0.25) is 0 Å². The van der Waals surface area contributed by atoms with Crippen LogP contribution in [0.25, 0.3) is 11.2 Å². The summed E-state index contributed by atoms with van der Waals surface area (Å²) in [5, 5.41) is 15.2. The maximum Gasteiger partial charge on any atom is 0.256 e. The van der Waals surface area contributed by atoms with Crippen molar-refractivity contribution in [1.29, 1.82) is 0 Å². The molecule has 0 spiro atoms. The Morgan fingerprint density at radius 2 is 1.54 bits per heavy atom. The summed E-state index contributed by atoms with van der Waals surface area (Å²) in [6.07, 6.45) is 1.39. The Morgan fingerprint density at radius 1 is 0.923 bits per heavy atom. The topological polar surface area (TPSA) is 130 Å². The van der Waals surface area contributed by atoms with Gasteiger partial charge >= 0.3 is 0 Å². The van der Waals surface area contributed by atoms with Gasteiger partial charge < -0.3 is 29.1 Å². The van der Waals surface area contributed by atoms with Crippen LogP contribution >= 0.6 is 0 Å². The van der Waals surface area contributed by atoms with Crippen LogP contribution in [0.5, 0.6) is 0 Å². The highest BCUT2D eigenvalue weighted by Gasteiger charge is 2.73. The van der Waals surface area contributed by atoms with E-state index < -0.39 is 38.0 Å². The van der Waals surface area contributed by atoms with Crippen LogP contribution in [0.15, 0.2) is 104 Å². The lowest BCUT2D eigenvalue weighted by Crippen LogP contribution is -2.62. The SMILES string of the molecule is CC(C)(C)[Si](C)(C)OC1([C@]2(COCc3ccccc3)O[C@@H](n3cnc4c(NC(=O)c5ccccc5)ncnc43)[C@H](O)[C@@H]2OCc2ccccc2)CC1. The fraction of sp³-hybridized carbons (Fsp3) is 0.400. The number of hydrogen-bond donors (Lipinski definition) is 2. The molecular formula is C40H47N5O6Si. The molecule has 2 fully saturated rings. The molecule has 0 bridgehead atoms. The summed E-state index contributed by atoms with van der Waals surface area (Å²) in [6, 6.07) is 28.8. The molecule has 2 aromatic heterocycles. The molecule has 1 amide bonds. The van der Waals surface area contributed by atoms with Crippen LogP contribution in [0.4, 0.5) is 5.82 Å². The van der Waals surface area contributed by atoms with Crippen LogP contribution in [0.1, 0.15) is 61.3 Å². The van der Waals surface area contributed by atoms with Gasteiger partial charge in [-0.25, -0.2) is 15.0 Å². The fourth-order valence-corrected chi connectivity index (χ4v) is 8.43. The first-order valence-electron chi connectivity index (χ1n) is 17.8. The summed E-state index contributed by atoms with van der Waals surface area (Å²) in [5.41, 5.74) is 1.24. The van der Waals surface area contributed by atoms with Gasteiger partial charge in [0, 0.05) is 5.56 Å². The van der Waals surface area contributed by atoms with Gasteiger partial charge in [0.1, 0.15) is 18.5 Å². The van der Waals surface area contributed by atoms with Gasteiger partial charge in [0.05, 0.1) is 31.7 Å². The van der Waals surface area contributed by atoms with E-state index in [1.807, 2.05) is 66.7 Å². The number of ether oxygens (including phenoxy) is 3. The average Bonchev–Trinajstić information content (AvgIpc) is 3.69. The van der Waals surface area contributed by atoms with E-state index in [0.29, 0.717) is 23.3 Å². The Kier molecular flexibility index (Phi) is 9.89. The minimum Gasteiger partial charge on any atom is -0.408 e. The molecule has 1 saturated carbocycles. The number of benzene rings is 3. The lowest BCUT2D eigenvalue weighted by Gasteiger charge is -2.47. The number of carbonyl (C=O) groups is 1. The third kappa shape index (κ3) is 6.94. The Labute approximate surface area is 305 Å². The molecule has 2 N–H and O–H groups in total. The van der Waals surface area contributed by atoms with Gasteiger partial charge in [-0.3, -0.25) is 9.36 Å². The Hall–Kier alpha value is -4.30. The van der Waals surface area contributed by atoms with Crippen molar-refractivity contribution in [3.8, 4) is 0 Å². The van der Waals surface area contributed by atoms with E-state index in [1.54, 1.807) is 35.2 Å². The predicted octanol–water partition coefficient (Wildman–Crippen LogP) is 7.06. The number of nitrogens with zero attached hydrogens (tertiary/aromatic N) is 4. The normalized spacial score (nSPS) is 22.8. The molecule has 0 radical (unpaired) electrons. The Morgan fingerprint density at radius 3 is 2.15 bits per heavy atom. The van der Waals surface area contributed by atoms with E-state index in [4.69, 9.17) is 18.6 Å². The molecule has 7 rings (SSSR count). The Balaban J connectivity index is 1.28. The van der Waals surface area contributed by atoms with E-state index in [1.165, 1.54) is 6.33 Å². The monoisotopic (exact) mass is 721 g/mol. The molecule has 2 aliphatic rings. The van der Waals surface area contributed by atoms with Gasteiger partial charge in [-0.15, -0.1) is 0 Å². The second-order valence-corrected chi connectivity index (χ2v) is 20.0. The van der Waals surface area contributed by atoms with Gasteiger partial charge in [-0.05, 0) is 54.2 Å². The number of aliphatic hydroxyl groups is 1. The molecule has 0 unspecified atom stereocenters. The zero-order valence-electron chi connectivity index (χ0n) is 30.4. The first-order chi connectivity index (χ1) is 24.9. The van der Waals surface area contributed by atoms with E-state index in [9.17, 15) is 9.90 Å². The lowest BCUT2D eigenvalue weighted by molar-refractivity contribution is -0.209. The summed E-state index contributed by atoms with van der Waals surface area (Å²) in [7, 11) is -2.37. The molecule has 3 aromatic carbocycles. The zero-order chi connectivity index (χ0) is 36.6. The number of carbonyl (C=O) groups excluding carboxylic acids is 1. The maximum absolute atomic E-state index is 13.1. The van der Waals surface area contributed by atoms with Crippen LogP contribution in [-0.2, 0) is 31.9 Å². The lowest BCUT2D eigenvalue weighted by atomic mass is 9.87. The maximum atomic E-state index is 13.1. The number of hydrogen-bond acceptors (Lipinski definition) is 9. The predicted molar refractivity (Wildman–Crippen MR) is 200 cm³/mol. The smallest absolute Gasteiger partial charge is 0.256 e. The summed E-state index contributed by atoms with van der Waals surface area (Å²) < 4.78 is 29.5. The zero-order valence-corrected chi connectivity index (χ0v) is 31.4. The van der Waals surface area contributed by atoms with Crippen LogP contribution < -0.4 is 5.32 Å². The molecule has 52 heavy (non-hydrogen) atoms. The molecule has 3 heterocycles. The van der Waals surface area contributed by atoms with Crippen molar-refractivity contribution >= 4 is 31.2 Å². The van der Waals surface area contributed by atoms with Crippen molar-refractivity contribution in [3.05, 3.63) is 120 Å². The highest BCUT2D eigenvalue weighted by Crippen LogP contribution is 2.60.